The minimum atomic E-state index is -0.692. The number of nitro groups is 1. The monoisotopic (exact) mass is 259 g/mol. The lowest BCUT2D eigenvalue weighted by Gasteiger charge is -2.05. The topological polar surface area (TPSA) is 89.0 Å². The molecule has 1 aromatic heterocycles. The van der Waals surface area contributed by atoms with Gasteiger partial charge in [0.1, 0.15) is 5.82 Å². The van der Waals surface area contributed by atoms with Gasteiger partial charge in [0.15, 0.2) is 0 Å². The van der Waals surface area contributed by atoms with E-state index in [4.69, 9.17) is 10.00 Å². The highest BCUT2D eigenvalue weighted by Crippen LogP contribution is 2.31. The molecule has 0 atom stereocenters. The predicted octanol–water partition coefficient (Wildman–Crippen LogP) is 2.79. The molecule has 6 nitrogen and oxygen atoms in total. The Morgan fingerprint density at radius 2 is 2.16 bits per heavy atom. The van der Waals surface area contributed by atoms with Crippen molar-refractivity contribution in [1.82, 2.24) is 4.98 Å². The molecule has 0 fully saturated rings. The molecule has 0 unspecified atom stereocenters. The van der Waals surface area contributed by atoms with Crippen LogP contribution in [-0.4, -0.2) is 9.91 Å². The lowest BCUT2D eigenvalue weighted by atomic mass is 10.3. The van der Waals surface area contributed by atoms with E-state index in [9.17, 15) is 14.5 Å². The highest BCUT2D eigenvalue weighted by Gasteiger charge is 2.17. The molecule has 0 amide bonds. The zero-order valence-electron chi connectivity index (χ0n) is 9.41. The molecule has 94 valence electrons. The van der Waals surface area contributed by atoms with Gasteiger partial charge in [0, 0.05) is 24.4 Å². The smallest absolute Gasteiger partial charge is 0.311 e. The fourth-order valence-corrected chi connectivity index (χ4v) is 1.37. The van der Waals surface area contributed by atoms with Crippen LogP contribution in [0.25, 0.3) is 0 Å². The SMILES string of the molecule is N#Cc1ccnc(Oc2cc(F)ccc2[N+](=O)[O-])c1. The first-order chi connectivity index (χ1) is 9.10. The van der Waals surface area contributed by atoms with Crippen LogP contribution in [0.5, 0.6) is 11.6 Å². The third-order valence-electron chi connectivity index (χ3n) is 2.20. The van der Waals surface area contributed by atoms with Gasteiger partial charge in [-0.05, 0) is 12.1 Å². The Labute approximate surface area is 106 Å². The second-order valence-electron chi connectivity index (χ2n) is 3.47. The van der Waals surface area contributed by atoms with Gasteiger partial charge in [-0.25, -0.2) is 9.37 Å². The summed E-state index contributed by atoms with van der Waals surface area (Å²) in [5.74, 6) is -0.961. The number of nitriles is 1. The predicted molar refractivity (Wildman–Crippen MR) is 62.1 cm³/mol. The standard InChI is InChI=1S/C12H6FN3O3/c13-9-1-2-10(16(17)18)11(6-9)19-12-5-8(7-14)3-4-15-12/h1-6H. The molecule has 1 aromatic carbocycles. The first-order valence-electron chi connectivity index (χ1n) is 5.08. The van der Waals surface area contributed by atoms with Gasteiger partial charge in [0.05, 0.1) is 16.6 Å². The largest absolute Gasteiger partial charge is 0.432 e. The van der Waals surface area contributed by atoms with E-state index < -0.39 is 10.7 Å². The fraction of sp³-hybridized carbons (Fsp3) is 0. The molecular formula is C12H6FN3O3. The first-order valence-corrected chi connectivity index (χ1v) is 5.08. The molecule has 0 radical (unpaired) electrons. The van der Waals surface area contributed by atoms with Crippen molar-refractivity contribution < 1.29 is 14.1 Å². The van der Waals surface area contributed by atoms with Crippen molar-refractivity contribution in [1.29, 1.82) is 5.26 Å². The fourth-order valence-electron chi connectivity index (χ4n) is 1.37. The third kappa shape index (κ3) is 2.81. The molecule has 0 bridgehead atoms. The zero-order valence-corrected chi connectivity index (χ0v) is 9.41. The zero-order chi connectivity index (χ0) is 13.8. The van der Waals surface area contributed by atoms with E-state index in [-0.39, 0.29) is 22.9 Å². The van der Waals surface area contributed by atoms with E-state index >= 15 is 0 Å². The number of ether oxygens (including phenoxy) is 1. The summed E-state index contributed by atoms with van der Waals surface area (Å²) in [6.45, 7) is 0. The van der Waals surface area contributed by atoms with E-state index in [1.165, 1.54) is 18.3 Å². The quantitative estimate of drug-likeness (QED) is 0.624. The van der Waals surface area contributed by atoms with E-state index in [1.807, 2.05) is 6.07 Å². The number of nitrogens with zero attached hydrogens (tertiary/aromatic N) is 3. The Bertz CT molecular complexity index is 682. The van der Waals surface area contributed by atoms with Crippen LogP contribution in [0.1, 0.15) is 5.56 Å². The Morgan fingerprint density at radius 1 is 1.37 bits per heavy atom. The van der Waals surface area contributed by atoms with Crippen molar-refractivity contribution >= 4 is 5.69 Å². The molecule has 2 aromatic rings. The number of rotatable bonds is 3. The van der Waals surface area contributed by atoms with Crippen LogP contribution in [0, 0.1) is 27.3 Å². The number of benzene rings is 1. The molecule has 7 heteroatoms. The average molecular weight is 259 g/mol. The molecular weight excluding hydrogens is 253 g/mol. The molecule has 2 rings (SSSR count). The van der Waals surface area contributed by atoms with Gasteiger partial charge in [0.25, 0.3) is 0 Å². The van der Waals surface area contributed by atoms with Gasteiger partial charge >= 0.3 is 5.69 Å². The molecule has 0 saturated heterocycles. The Kier molecular flexibility index (Phi) is 3.34. The van der Waals surface area contributed by atoms with Gasteiger partial charge in [-0.3, -0.25) is 10.1 Å². The summed E-state index contributed by atoms with van der Waals surface area (Å²) in [4.78, 5) is 13.9. The first kappa shape index (κ1) is 12.4. The maximum absolute atomic E-state index is 13.1. The second-order valence-corrected chi connectivity index (χ2v) is 3.47. The average Bonchev–Trinajstić information content (AvgIpc) is 2.38. The van der Waals surface area contributed by atoms with E-state index in [0.29, 0.717) is 0 Å². The van der Waals surface area contributed by atoms with Crippen LogP contribution in [0.3, 0.4) is 0 Å². The van der Waals surface area contributed by atoms with E-state index in [0.717, 1.165) is 18.2 Å². The van der Waals surface area contributed by atoms with Gasteiger partial charge in [-0.15, -0.1) is 0 Å². The van der Waals surface area contributed by atoms with E-state index in [1.54, 1.807) is 0 Å². The van der Waals surface area contributed by atoms with Gasteiger partial charge in [-0.2, -0.15) is 5.26 Å². The van der Waals surface area contributed by atoms with Gasteiger partial charge in [-0.1, -0.05) is 0 Å². The van der Waals surface area contributed by atoms with Crippen molar-refractivity contribution in [2.45, 2.75) is 0 Å². The van der Waals surface area contributed by atoms with Crippen LogP contribution >= 0.6 is 0 Å². The summed E-state index contributed by atoms with van der Waals surface area (Å²) in [5, 5.41) is 19.5. The van der Waals surface area contributed by atoms with Crippen molar-refractivity contribution in [2.75, 3.05) is 0 Å². The van der Waals surface area contributed by atoms with Gasteiger partial charge in [0.2, 0.25) is 11.6 Å². The van der Waals surface area contributed by atoms with Crippen LogP contribution < -0.4 is 4.74 Å². The number of halogens is 1. The molecule has 0 aliphatic heterocycles. The maximum atomic E-state index is 13.1. The Morgan fingerprint density at radius 3 is 2.84 bits per heavy atom. The van der Waals surface area contributed by atoms with Crippen molar-refractivity contribution in [3.05, 3.63) is 58.0 Å². The third-order valence-corrected chi connectivity index (χ3v) is 2.20. The number of aromatic nitrogens is 1. The summed E-state index contributed by atoms with van der Waals surface area (Å²) in [5.41, 5.74) is -0.102. The summed E-state index contributed by atoms with van der Waals surface area (Å²) in [6, 6.07) is 7.47. The molecule has 0 spiro atoms. The number of pyridine rings is 1. The summed E-state index contributed by atoms with van der Waals surface area (Å²) < 4.78 is 18.2. The van der Waals surface area contributed by atoms with Crippen LogP contribution in [0.15, 0.2) is 36.5 Å². The number of nitro benzene ring substituents is 1. The van der Waals surface area contributed by atoms with Crippen LogP contribution in [-0.2, 0) is 0 Å². The number of hydrogen-bond acceptors (Lipinski definition) is 5. The van der Waals surface area contributed by atoms with Crippen molar-refractivity contribution in [2.24, 2.45) is 0 Å². The van der Waals surface area contributed by atoms with Crippen molar-refractivity contribution in [3.63, 3.8) is 0 Å². The van der Waals surface area contributed by atoms with Crippen LogP contribution in [0.4, 0.5) is 10.1 Å². The Hall–Kier alpha value is -3.01. The summed E-state index contributed by atoms with van der Waals surface area (Å²) in [7, 11) is 0. The molecule has 0 aliphatic rings. The number of hydrogen-bond donors (Lipinski definition) is 0. The van der Waals surface area contributed by atoms with Crippen LogP contribution in [0.2, 0.25) is 0 Å². The lowest BCUT2D eigenvalue weighted by molar-refractivity contribution is -0.385. The van der Waals surface area contributed by atoms with Crippen molar-refractivity contribution in [3.8, 4) is 17.7 Å². The van der Waals surface area contributed by atoms with E-state index in [2.05, 4.69) is 4.98 Å². The summed E-state index contributed by atoms with van der Waals surface area (Å²) in [6.07, 6.45) is 1.32. The molecule has 1 heterocycles. The lowest BCUT2D eigenvalue weighted by Crippen LogP contribution is -1.95. The normalized spacial score (nSPS) is 9.68. The summed E-state index contributed by atoms with van der Waals surface area (Å²) >= 11 is 0. The molecule has 0 saturated carbocycles. The Balaban J connectivity index is 2.40. The highest BCUT2D eigenvalue weighted by atomic mass is 19.1. The highest BCUT2D eigenvalue weighted by molar-refractivity contribution is 5.48. The molecule has 19 heavy (non-hydrogen) atoms. The minimum absolute atomic E-state index is 0.0206. The van der Waals surface area contributed by atoms with Gasteiger partial charge < -0.3 is 4.74 Å². The molecule has 0 aliphatic carbocycles. The maximum Gasteiger partial charge on any atom is 0.311 e. The second kappa shape index (κ2) is 5.10. The molecule has 0 N–H and O–H groups in total. The minimum Gasteiger partial charge on any atom is -0.432 e.